The van der Waals surface area contributed by atoms with Crippen LogP contribution < -0.4 is 10.7 Å². The molecule has 0 saturated heterocycles. The molecule has 0 atom stereocenters. The van der Waals surface area contributed by atoms with E-state index in [0.717, 1.165) is 34.7 Å². The van der Waals surface area contributed by atoms with Gasteiger partial charge in [0.15, 0.2) is 0 Å². The van der Waals surface area contributed by atoms with E-state index >= 15 is 0 Å². The van der Waals surface area contributed by atoms with Crippen molar-refractivity contribution < 1.29 is 0 Å². The first kappa shape index (κ1) is 18.6. The second-order valence-electron chi connectivity index (χ2n) is 6.46. The van der Waals surface area contributed by atoms with Gasteiger partial charge in [-0.05, 0) is 65.0 Å². The van der Waals surface area contributed by atoms with Crippen LogP contribution in [0.15, 0.2) is 78.2 Å². The van der Waals surface area contributed by atoms with Crippen LogP contribution in [0.25, 0.3) is 16.9 Å². The summed E-state index contributed by atoms with van der Waals surface area (Å²) < 4.78 is 3.23. The SMILES string of the molecule is CNCc1ccc(C=NNc2ccc(-c3cn4cc(I)ccc4n3)cc2)cc1. The Hall–Kier alpha value is -2.71. The summed E-state index contributed by atoms with van der Waals surface area (Å²) in [5.74, 6) is 0. The molecule has 0 saturated carbocycles. The molecule has 28 heavy (non-hydrogen) atoms. The van der Waals surface area contributed by atoms with Gasteiger partial charge in [0.05, 0.1) is 17.6 Å². The minimum Gasteiger partial charge on any atom is -0.316 e. The lowest BCUT2D eigenvalue weighted by atomic mass is 10.1. The number of nitrogens with zero attached hydrogens (tertiary/aromatic N) is 3. The fourth-order valence-corrected chi connectivity index (χ4v) is 3.41. The Bertz CT molecular complexity index is 1100. The standard InChI is InChI=1S/C22H20IN5/c1-24-12-16-2-4-17(5-3-16)13-25-27-20-9-6-18(7-10-20)21-15-28-14-19(23)8-11-22(28)26-21/h2-11,13-15,24,27H,12H2,1H3. The maximum Gasteiger partial charge on any atom is 0.137 e. The van der Waals surface area contributed by atoms with E-state index in [1.165, 1.54) is 9.13 Å². The number of anilines is 1. The van der Waals surface area contributed by atoms with E-state index in [-0.39, 0.29) is 0 Å². The Labute approximate surface area is 177 Å². The zero-order valence-electron chi connectivity index (χ0n) is 15.4. The zero-order valence-corrected chi connectivity index (χ0v) is 17.6. The number of pyridine rings is 1. The van der Waals surface area contributed by atoms with E-state index in [9.17, 15) is 0 Å². The summed E-state index contributed by atoms with van der Waals surface area (Å²) in [4.78, 5) is 4.68. The molecule has 0 aliphatic carbocycles. The van der Waals surface area contributed by atoms with Gasteiger partial charge in [-0.25, -0.2) is 4.98 Å². The Morgan fingerprint density at radius 1 is 1.00 bits per heavy atom. The van der Waals surface area contributed by atoms with Crippen LogP contribution in [-0.4, -0.2) is 22.6 Å². The van der Waals surface area contributed by atoms with Gasteiger partial charge in [0.25, 0.3) is 0 Å². The summed E-state index contributed by atoms with van der Waals surface area (Å²) in [5.41, 5.74) is 9.31. The van der Waals surface area contributed by atoms with Crippen molar-refractivity contribution in [3.05, 3.63) is 87.8 Å². The van der Waals surface area contributed by atoms with Crippen molar-refractivity contribution in [1.29, 1.82) is 0 Å². The summed E-state index contributed by atoms with van der Waals surface area (Å²) in [6, 6.07) is 20.5. The van der Waals surface area contributed by atoms with Crippen LogP contribution >= 0.6 is 22.6 Å². The van der Waals surface area contributed by atoms with Crippen molar-refractivity contribution in [1.82, 2.24) is 14.7 Å². The highest BCUT2D eigenvalue weighted by Gasteiger charge is 2.04. The van der Waals surface area contributed by atoms with Crippen LogP contribution in [0.2, 0.25) is 0 Å². The van der Waals surface area contributed by atoms with Gasteiger partial charge in [-0.1, -0.05) is 36.4 Å². The first-order valence-corrected chi connectivity index (χ1v) is 10.1. The lowest BCUT2D eigenvalue weighted by Gasteiger charge is -2.02. The number of hydrazone groups is 1. The molecule has 6 heteroatoms. The third-order valence-electron chi connectivity index (χ3n) is 4.36. The molecule has 0 radical (unpaired) electrons. The maximum absolute atomic E-state index is 4.68. The van der Waals surface area contributed by atoms with Crippen molar-refractivity contribution >= 4 is 40.1 Å². The third kappa shape index (κ3) is 4.40. The molecule has 2 aromatic heterocycles. The van der Waals surface area contributed by atoms with E-state index in [2.05, 4.69) is 103 Å². The number of hydrogen-bond donors (Lipinski definition) is 2. The molecule has 140 valence electrons. The van der Waals surface area contributed by atoms with Crippen LogP contribution in [0.4, 0.5) is 5.69 Å². The summed E-state index contributed by atoms with van der Waals surface area (Å²) in [5, 5.41) is 7.47. The first-order valence-electron chi connectivity index (χ1n) is 8.98. The molecule has 0 unspecified atom stereocenters. The third-order valence-corrected chi connectivity index (χ3v) is 5.00. The van der Waals surface area contributed by atoms with E-state index in [1.54, 1.807) is 0 Å². The number of rotatable bonds is 6. The number of nitrogens with one attached hydrogen (secondary N) is 2. The number of halogens is 1. The summed E-state index contributed by atoms with van der Waals surface area (Å²) in [6.45, 7) is 0.869. The Morgan fingerprint density at radius 3 is 2.54 bits per heavy atom. The molecular formula is C22H20IN5. The Kier molecular flexibility index (Phi) is 5.68. The summed E-state index contributed by atoms with van der Waals surface area (Å²) in [7, 11) is 1.94. The van der Waals surface area contributed by atoms with E-state index < -0.39 is 0 Å². The highest BCUT2D eigenvalue weighted by Crippen LogP contribution is 2.22. The molecule has 0 amide bonds. The van der Waals surface area contributed by atoms with E-state index in [1.807, 2.05) is 31.5 Å². The molecule has 0 aliphatic heterocycles. The zero-order chi connectivity index (χ0) is 19.3. The van der Waals surface area contributed by atoms with E-state index in [4.69, 9.17) is 0 Å². The Balaban J connectivity index is 1.42. The monoisotopic (exact) mass is 481 g/mol. The largest absolute Gasteiger partial charge is 0.316 e. The number of hydrogen-bond acceptors (Lipinski definition) is 4. The van der Waals surface area contributed by atoms with Gasteiger partial charge in [0, 0.05) is 28.1 Å². The molecule has 0 fully saturated rings. The van der Waals surface area contributed by atoms with Crippen molar-refractivity contribution in [2.24, 2.45) is 5.10 Å². The number of fused-ring (bicyclic) bond motifs is 1. The minimum atomic E-state index is 0.869. The van der Waals surface area contributed by atoms with Crippen LogP contribution in [0.3, 0.4) is 0 Å². The van der Waals surface area contributed by atoms with Crippen molar-refractivity contribution in [3.63, 3.8) is 0 Å². The molecule has 5 nitrogen and oxygen atoms in total. The number of imidazole rings is 1. The molecule has 0 spiro atoms. The van der Waals surface area contributed by atoms with Gasteiger partial charge < -0.3 is 9.72 Å². The van der Waals surface area contributed by atoms with Crippen molar-refractivity contribution in [3.8, 4) is 11.3 Å². The molecule has 0 bridgehead atoms. The number of benzene rings is 2. The fourth-order valence-electron chi connectivity index (χ4n) is 2.93. The Morgan fingerprint density at radius 2 is 1.79 bits per heavy atom. The normalized spacial score (nSPS) is 11.4. The number of aromatic nitrogens is 2. The highest BCUT2D eigenvalue weighted by molar-refractivity contribution is 14.1. The average molecular weight is 481 g/mol. The topological polar surface area (TPSA) is 53.7 Å². The predicted molar refractivity (Wildman–Crippen MR) is 124 cm³/mol. The van der Waals surface area contributed by atoms with Crippen LogP contribution in [-0.2, 0) is 6.54 Å². The van der Waals surface area contributed by atoms with Gasteiger partial charge in [0.2, 0.25) is 0 Å². The molecule has 4 rings (SSSR count). The van der Waals surface area contributed by atoms with E-state index in [0.29, 0.717) is 0 Å². The average Bonchev–Trinajstić information content (AvgIpc) is 3.13. The lowest BCUT2D eigenvalue weighted by molar-refractivity contribution is 0.818. The summed E-state index contributed by atoms with van der Waals surface area (Å²) >= 11 is 2.31. The molecule has 2 N–H and O–H groups in total. The van der Waals surface area contributed by atoms with Gasteiger partial charge in [-0.2, -0.15) is 5.10 Å². The van der Waals surface area contributed by atoms with Gasteiger partial charge >= 0.3 is 0 Å². The minimum absolute atomic E-state index is 0.869. The van der Waals surface area contributed by atoms with Gasteiger partial charge in [-0.3, -0.25) is 5.43 Å². The lowest BCUT2D eigenvalue weighted by Crippen LogP contribution is -2.04. The second-order valence-corrected chi connectivity index (χ2v) is 7.70. The molecule has 4 aromatic rings. The highest BCUT2D eigenvalue weighted by atomic mass is 127. The molecule has 2 heterocycles. The quantitative estimate of drug-likeness (QED) is 0.237. The molecular weight excluding hydrogens is 461 g/mol. The van der Waals surface area contributed by atoms with Crippen molar-refractivity contribution in [2.75, 3.05) is 12.5 Å². The smallest absolute Gasteiger partial charge is 0.137 e. The van der Waals surface area contributed by atoms with Crippen molar-refractivity contribution in [2.45, 2.75) is 6.54 Å². The van der Waals surface area contributed by atoms with Crippen LogP contribution in [0, 0.1) is 3.57 Å². The van der Waals surface area contributed by atoms with Crippen LogP contribution in [0.5, 0.6) is 0 Å². The van der Waals surface area contributed by atoms with Gasteiger partial charge in [0.1, 0.15) is 5.65 Å². The first-order chi connectivity index (χ1) is 13.7. The second kappa shape index (κ2) is 8.53. The summed E-state index contributed by atoms with van der Waals surface area (Å²) in [6.07, 6.45) is 5.94. The fraction of sp³-hybridized carbons (Fsp3) is 0.0909. The van der Waals surface area contributed by atoms with Gasteiger partial charge in [-0.15, -0.1) is 0 Å². The maximum atomic E-state index is 4.68. The molecule has 2 aromatic carbocycles. The molecule has 0 aliphatic rings. The predicted octanol–water partition coefficient (Wildman–Crippen LogP) is 4.77. The van der Waals surface area contributed by atoms with Crippen LogP contribution in [0.1, 0.15) is 11.1 Å².